The second-order valence-electron chi connectivity index (χ2n) is 4.51. The Labute approximate surface area is 81.2 Å². The summed E-state index contributed by atoms with van der Waals surface area (Å²) >= 11 is 0. The van der Waals surface area contributed by atoms with Gasteiger partial charge in [0.1, 0.15) is 5.60 Å². The van der Waals surface area contributed by atoms with E-state index in [1.165, 1.54) is 0 Å². The molecule has 1 aliphatic rings. The topological polar surface area (TPSA) is 20.2 Å². The number of allylic oxidation sites excluding steroid dienone is 1. The van der Waals surface area contributed by atoms with E-state index in [-0.39, 0.29) is 0 Å². The van der Waals surface area contributed by atoms with Crippen molar-refractivity contribution in [3.8, 4) is 0 Å². The van der Waals surface area contributed by atoms with Gasteiger partial charge in [0.2, 0.25) is 0 Å². The van der Waals surface area contributed by atoms with Crippen LogP contribution in [-0.4, -0.2) is 10.7 Å². The lowest BCUT2D eigenvalue weighted by Gasteiger charge is -2.32. The van der Waals surface area contributed by atoms with E-state index in [0.717, 1.165) is 18.4 Å². The first-order chi connectivity index (χ1) is 5.96. The minimum absolute atomic E-state index is 0.625. The molecule has 74 valence electrons. The monoisotopic (exact) mass is 180 g/mol. The Bertz CT molecular complexity index is 227. The third kappa shape index (κ3) is 2.22. The normalized spacial score (nSPS) is 33.8. The molecule has 0 saturated carbocycles. The van der Waals surface area contributed by atoms with Crippen molar-refractivity contribution in [2.24, 2.45) is 11.8 Å². The molecule has 0 bridgehead atoms. The molecule has 0 spiro atoms. The molecule has 13 heavy (non-hydrogen) atoms. The van der Waals surface area contributed by atoms with E-state index >= 15 is 0 Å². The molecule has 1 nitrogen and oxygen atoms in total. The van der Waals surface area contributed by atoms with Crippen LogP contribution in [0, 0.1) is 11.8 Å². The Morgan fingerprint density at radius 1 is 1.62 bits per heavy atom. The molecule has 0 aromatic rings. The van der Waals surface area contributed by atoms with Gasteiger partial charge in [0, 0.05) is 0 Å². The van der Waals surface area contributed by atoms with Gasteiger partial charge in [0.25, 0.3) is 0 Å². The predicted octanol–water partition coefficient (Wildman–Crippen LogP) is 2.92. The highest BCUT2D eigenvalue weighted by Crippen LogP contribution is 2.33. The van der Waals surface area contributed by atoms with Crippen molar-refractivity contribution in [2.75, 3.05) is 0 Å². The summed E-state index contributed by atoms with van der Waals surface area (Å²) in [6.45, 7) is 10.2. The summed E-state index contributed by atoms with van der Waals surface area (Å²) in [6, 6.07) is 0. The highest BCUT2D eigenvalue weighted by Gasteiger charge is 2.29. The van der Waals surface area contributed by atoms with Crippen LogP contribution < -0.4 is 0 Å². The van der Waals surface area contributed by atoms with E-state index in [4.69, 9.17) is 0 Å². The van der Waals surface area contributed by atoms with Crippen LogP contribution in [0.3, 0.4) is 0 Å². The molecular formula is C12H20O. The molecule has 1 rings (SSSR count). The van der Waals surface area contributed by atoms with Gasteiger partial charge in [-0.3, -0.25) is 0 Å². The minimum Gasteiger partial charge on any atom is -0.381 e. The first-order valence-electron chi connectivity index (χ1n) is 5.03. The largest absolute Gasteiger partial charge is 0.381 e. The second-order valence-corrected chi connectivity index (χ2v) is 4.51. The molecule has 0 heterocycles. The van der Waals surface area contributed by atoms with Gasteiger partial charge < -0.3 is 5.11 Å². The highest BCUT2D eigenvalue weighted by molar-refractivity contribution is 5.23. The maximum atomic E-state index is 10.1. The Morgan fingerprint density at radius 3 is 2.54 bits per heavy atom. The van der Waals surface area contributed by atoms with Crippen molar-refractivity contribution < 1.29 is 5.11 Å². The molecule has 2 atom stereocenters. The van der Waals surface area contributed by atoms with E-state index < -0.39 is 5.60 Å². The van der Waals surface area contributed by atoms with Crippen molar-refractivity contribution in [3.05, 3.63) is 24.3 Å². The van der Waals surface area contributed by atoms with Crippen LogP contribution in [0.4, 0.5) is 0 Å². The van der Waals surface area contributed by atoms with Crippen molar-refractivity contribution in [2.45, 2.75) is 39.2 Å². The molecule has 0 fully saturated rings. The smallest absolute Gasteiger partial charge is 0.103 e. The summed E-state index contributed by atoms with van der Waals surface area (Å²) in [6.07, 6.45) is 5.95. The predicted molar refractivity (Wildman–Crippen MR) is 56.5 cm³/mol. The summed E-state index contributed by atoms with van der Waals surface area (Å²) in [5.74, 6) is 1.30. The van der Waals surface area contributed by atoms with Crippen LogP contribution in [0.1, 0.15) is 33.6 Å². The highest BCUT2D eigenvalue weighted by atomic mass is 16.3. The molecule has 2 unspecified atom stereocenters. The van der Waals surface area contributed by atoms with Gasteiger partial charge in [-0.15, -0.1) is 0 Å². The van der Waals surface area contributed by atoms with Gasteiger partial charge in [0.15, 0.2) is 0 Å². The van der Waals surface area contributed by atoms with Crippen LogP contribution in [0.25, 0.3) is 0 Å². The first-order valence-corrected chi connectivity index (χ1v) is 5.03. The molecule has 0 radical (unpaired) electrons. The molecule has 1 heteroatoms. The number of hydrogen-bond donors (Lipinski definition) is 1. The Hall–Kier alpha value is -0.560. The summed E-state index contributed by atoms with van der Waals surface area (Å²) in [5.41, 5.74) is 0.122. The Balaban J connectivity index is 2.71. The van der Waals surface area contributed by atoms with E-state index in [2.05, 4.69) is 26.5 Å². The minimum atomic E-state index is -0.731. The van der Waals surface area contributed by atoms with Crippen LogP contribution >= 0.6 is 0 Å². The standard InChI is InChI=1S/C12H20O/c1-9(2)11-5-7-12(13,8-6-11)10(3)4/h5,7,9,11,13H,3,6,8H2,1-2,4H3. The molecule has 0 aliphatic heterocycles. The average Bonchev–Trinajstić information content (AvgIpc) is 2.04. The van der Waals surface area contributed by atoms with Gasteiger partial charge in [-0.2, -0.15) is 0 Å². The van der Waals surface area contributed by atoms with Crippen molar-refractivity contribution in [3.63, 3.8) is 0 Å². The van der Waals surface area contributed by atoms with E-state index in [1.54, 1.807) is 0 Å². The SMILES string of the molecule is C=C(C)C1(O)C=CC(C(C)C)CC1. The second kappa shape index (κ2) is 3.67. The molecule has 0 saturated heterocycles. The fourth-order valence-electron chi connectivity index (χ4n) is 1.76. The Kier molecular flexibility index (Phi) is 2.97. The summed E-state index contributed by atoms with van der Waals surface area (Å²) in [5, 5.41) is 10.1. The third-order valence-corrected chi connectivity index (χ3v) is 3.07. The van der Waals surface area contributed by atoms with E-state index in [9.17, 15) is 5.11 Å². The van der Waals surface area contributed by atoms with Crippen LogP contribution in [0.2, 0.25) is 0 Å². The van der Waals surface area contributed by atoms with Gasteiger partial charge in [0.05, 0.1) is 0 Å². The number of aliphatic hydroxyl groups is 1. The van der Waals surface area contributed by atoms with Crippen LogP contribution in [-0.2, 0) is 0 Å². The van der Waals surface area contributed by atoms with Gasteiger partial charge >= 0.3 is 0 Å². The molecular weight excluding hydrogens is 160 g/mol. The lowest BCUT2D eigenvalue weighted by atomic mass is 9.78. The summed E-state index contributed by atoms with van der Waals surface area (Å²) in [7, 11) is 0. The fraction of sp³-hybridized carbons (Fsp3) is 0.667. The van der Waals surface area contributed by atoms with Crippen molar-refractivity contribution in [1.29, 1.82) is 0 Å². The zero-order chi connectivity index (χ0) is 10.1. The molecule has 0 aromatic heterocycles. The lowest BCUT2D eigenvalue weighted by molar-refractivity contribution is 0.102. The molecule has 0 aromatic carbocycles. The maximum absolute atomic E-state index is 10.1. The zero-order valence-corrected chi connectivity index (χ0v) is 8.88. The van der Waals surface area contributed by atoms with Gasteiger partial charge in [-0.05, 0) is 37.2 Å². The van der Waals surface area contributed by atoms with E-state index in [0.29, 0.717) is 11.8 Å². The zero-order valence-electron chi connectivity index (χ0n) is 8.88. The first kappa shape index (κ1) is 10.5. The van der Waals surface area contributed by atoms with Gasteiger partial charge in [-0.1, -0.05) is 32.6 Å². The number of hydrogen-bond acceptors (Lipinski definition) is 1. The molecule has 1 aliphatic carbocycles. The van der Waals surface area contributed by atoms with Crippen LogP contribution in [0.15, 0.2) is 24.3 Å². The average molecular weight is 180 g/mol. The van der Waals surface area contributed by atoms with Gasteiger partial charge in [-0.25, -0.2) is 0 Å². The molecule has 1 N–H and O–H groups in total. The summed E-state index contributed by atoms with van der Waals surface area (Å²) in [4.78, 5) is 0. The number of rotatable bonds is 2. The lowest BCUT2D eigenvalue weighted by Crippen LogP contribution is -2.31. The third-order valence-electron chi connectivity index (χ3n) is 3.07. The van der Waals surface area contributed by atoms with Crippen molar-refractivity contribution >= 4 is 0 Å². The molecule has 0 amide bonds. The Morgan fingerprint density at radius 2 is 2.23 bits per heavy atom. The van der Waals surface area contributed by atoms with Crippen molar-refractivity contribution in [1.82, 2.24) is 0 Å². The fourth-order valence-corrected chi connectivity index (χ4v) is 1.76. The summed E-state index contributed by atoms with van der Waals surface area (Å²) < 4.78 is 0. The maximum Gasteiger partial charge on any atom is 0.103 e. The van der Waals surface area contributed by atoms with Crippen LogP contribution in [0.5, 0.6) is 0 Å². The quantitative estimate of drug-likeness (QED) is 0.648. The van der Waals surface area contributed by atoms with E-state index in [1.807, 2.05) is 13.0 Å².